The van der Waals surface area contributed by atoms with Gasteiger partial charge in [-0.15, -0.1) is 11.8 Å². The molecule has 1 fully saturated rings. The van der Waals surface area contributed by atoms with Crippen molar-refractivity contribution in [2.45, 2.75) is 36.1 Å². The topological polar surface area (TPSA) is 78.9 Å². The Bertz CT molecular complexity index is 576. The van der Waals surface area contributed by atoms with Crippen molar-refractivity contribution in [2.24, 2.45) is 10.9 Å². The number of amidine groups is 1. The first kappa shape index (κ1) is 14.3. The van der Waals surface area contributed by atoms with Crippen LogP contribution in [0, 0.1) is 0 Å². The van der Waals surface area contributed by atoms with E-state index in [-0.39, 0.29) is 23.7 Å². The number of piperidine rings is 1. The number of nitrogens with zero attached hydrogens (tertiary/aromatic N) is 2. The summed E-state index contributed by atoms with van der Waals surface area (Å²) in [4.78, 5) is 15.9. The number of nitrogens with two attached hydrogens (primary N) is 1. The molecule has 1 saturated heterocycles. The van der Waals surface area contributed by atoms with Gasteiger partial charge in [0.1, 0.15) is 0 Å². The van der Waals surface area contributed by atoms with Crippen LogP contribution in [0.4, 0.5) is 0 Å². The largest absolute Gasteiger partial charge is 0.409 e. The average Bonchev–Trinajstić information content (AvgIpc) is 2.97. The van der Waals surface area contributed by atoms with Gasteiger partial charge in [0.05, 0.1) is 12.0 Å². The van der Waals surface area contributed by atoms with E-state index in [1.54, 1.807) is 16.7 Å². The van der Waals surface area contributed by atoms with Gasteiger partial charge in [0.15, 0.2) is 5.84 Å². The van der Waals surface area contributed by atoms with Crippen LogP contribution in [0.3, 0.4) is 0 Å². The zero-order valence-corrected chi connectivity index (χ0v) is 12.6. The molecule has 3 N–H and O–H groups in total. The number of oxime groups is 1. The van der Waals surface area contributed by atoms with Gasteiger partial charge in [-0.25, -0.2) is 0 Å². The second-order valence-corrected chi connectivity index (χ2v) is 6.53. The minimum Gasteiger partial charge on any atom is -0.409 e. The van der Waals surface area contributed by atoms with Crippen LogP contribution in [0.25, 0.3) is 0 Å². The lowest BCUT2D eigenvalue weighted by Gasteiger charge is -2.36. The second-order valence-electron chi connectivity index (χ2n) is 5.47. The minimum atomic E-state index is -0.269. The van der Waals surface area contributed by atoms with Crippen LogP contribution in [0.2, 0.25) is 0 Å². The Kier molecular flexibility index (Phi) is 4.05. The van der Waals surface area contributed by atoms with Crippen LogP contribution >= 0.6 is 11.8 Å². The van der Waals surface area contributed by atoms with E-state index in [4.69, 9.17) is 10.9 Å². The quantitative estimate of drug-likeness (QED) is 0.379. The Labute approximate surface area is 128 Å². The zero-order chi connectivity index (χ0) is 14.8. The smallest absolute Gasteiger partial charge is 0.231 e. The first-order valence-corrected chi connectivity index (χ1v) is 8.20. The van der Waals surface area contributed by atoms with E-state index in [1.807, 2.05) is 18.2 Å². The Morgan fingerprint density at radius 3 is 3.00 bits per heavy atom. The van der Waals surface area contributed by atoms with Gasteiger partial charge in [-0.2, -0.15) is 0 Å². The Morgan fingerprint density at radius 1 is 1.38 bits per heavy atom. The van der Waals surface area contributed by atoms with Crippen molar-refractivity contribution in [1.82, 2.24) is 4.90 Å². The van der Waals surface area contributed by atoms with E-state index < -0.39 is 0 Å². The van der Waals surface area contributed by atoms with Gasteiger partial charge >= 0.3 is 0 Å². The summed E-state index contributed by atoms with van der Waals surface area (Å²) in [6.45, 7) is 0.684. The molecule has 3 rings (SSSR count). The summed E-state index contributed by atoms with van der Waals surface area (Å²) >= 11 is 1.73. The lowest BCUT2D eigenvalue weighted by molar-refractivity contribution is -0.134. The fourth-order valence-electron chi connectivity index (χ4n) is 3.14. The molecule has 21 heavy (non-hydrogen) atoms. The molecule has 2 aliphatic heterocycles. The molecule has 112 valence electrons. The SMILES string of the molecule is NC(=NO)C1CCCCN1C(=O)C1CSc2ccccc21. The van der Waals surface area contributed by atoms with Crippen molar-refractivity contribution in [1.29, 1.82) is 0 Å². The van der Waals surface area contributed by atoms with E-state index in [2.05, 4.69) is 11.2 Å². The minimum absolute atomic E-state index is 0.101. The van der Waals surface area contributed by atoms with Gasteiger partial charge in [0.25, 0.3) is 0 Å². The molecule has 2 unspecified atom stereocenters. The number of amides is 1. The summed E-state index contributed by atoms with van der Waals surface area (Å²) in [5, 5.41) is 12.0. The van der Waals surface area contributed by atoms with Gasteiger partial charge < -0.3 is 15.8 Å². The van der Waals surface area contributed by atoms with Gasteiger partial charge in [-0.05, 0) is 30.9 Å². The number of hydrogen-bond acceptors (Lipinski definition) is 4. The van der Waals surface area contributed by atoms with E-state index in [0.717, 1.165) is 30.6 Å². The van der Waals surface area contributed by atoms with Crippen molar-refractivity contribution in [2.75, 3.05) is 12.3 Å². The van der Waals surface area contributed by atoms with Gasteiger partial charge in [-0.1, -0.05) is 23.4 Å². The van der Waals surface area contributed by atoms with Crippen molar-refractivity contribution in [3.8, 4) is 0 Å². The van der Waals surface area contributed by atoms with Crippen molar-refractivity contribution in [3.05, 3.63) is 29.8 Å². The van der Waals surface area contributed by atoms with Gasteiger partial charge in [0.2, 0.25) is 5.91 Å². The summed E-state index contributed by atoms with van der Waals surface area (Å²) in [6, 6.07) is 7.79. The normalized spacial score (nSPS) is 25.7. The molecule has 0 aromatic heterocycles. The van der Waals surface area contributed by atoms with Crippen molar-refractivity contribution >= 4 is 23.5 Å². The number of carbonyl (C=O) groups is 1. The maximum atomic E-state index is 12.9. The average molecular weight is 305 g/mol. The number of benzene rings is 1. The van der Waals surface area contributed by atoms with E-state index in [0.29, 0.717) is 6.54 Å². The lowest BCUT2D eigenvalue weighted by Crippen LogP contribution is -2.52. The predicted octanol–water partition coefficient (Wildman–Crippen LogP) is 2.00. The number of hydrogen-bond donors (Lipinski definition) is 2. The van der Waals surface area contributed by atoms with E-state index >= 15 is 0 Å². The molecule has 6 heteroatoms. The summed E-state index contributed by atoms with van der Waals surface area (Å²) in [6.07, 6.45) is 2.74. The molecule has 1 aromatic carbocycles. The molecule has 1 aromatic rings. The second kappa shape index (κ2) is 5.97. The third kappa shape index (κ3) is 2.60. The monoisotopic (exact) mass is 305 g/mol. The number of rotatable bonds is 2. The van der Waals surface area contributed by atoms with Crippen LogP contribution in [0.1, 0.15) is 30.7 Å². The maximum absolute atomic E-state index is 12.9. The van der Waals surface area contributed by atoms with E-state index in [9.17, 15) is 4.79 Å². The van der Waals surface area contributed by atoms with Crippen LogP contribution < -0.4 is 5.73 Å². The molecule has 0 spiro atoms. The lowest BCUT2D eigenvalue weighted by atomic mass is 9.95. The molecular formula is C15H19N3O2S. The number of carbonyl (C=O) groups excluding carboxylic acids is 1. The Morgan fingerprint density at radius 2 is 2.19 bits per heavy atom. The first-order valence-electron chi connectivity index (χ1n) is 7.22. The summed E-state index contributed by atoms with van der Waals surface area (Å²) in [5.41, 5.74) is 6.88. The van der Waals surface area contributed by atoms with Gasteiger partial charge in [-0.3, -0.25) is 4.79 Å². The molecule has 1 amide bonds. The number of likely N-dealkylation sites (tertiary alicyclic amines) is 1. The number of thioether (sulfide) groups is 1. The third-order valence-corrected chi connectivity index (χ3v) is 5.42. The molecule has 2 heterocycles. The highest BCUT2D eigenvalue weighted by molar-refractivity contribution is 7.99. The summed E-state index contributed by atoms with van der Waals surface area (Å²) < 4.78 is 0. The third-order valence-electron chi connectivity index (χ3n) is 4.24. The molecule has 5 nitrogen and oxygen atoms in total. The van der Waals surface area contributed by atoms with Crippen LogP contribution in [-0.4, -0.2) is 40.2 Å². The Balaban J connectivity index is 1.84. The molecule has 2 aliphatic rings. The van der Waals surface area contributed by atoms with E-state index in [1.165, 1.54) is 4.90 Å². The molecule has 0 radical (unpaired) electrons. The van der Waals surface area contributed by atoms with Crippen molar-refractivity contribution in [3.63, 3.8) is 0 Å². The summed E-state index contributed by atoms with van der Waals surface area (Å²) in [5.74, 6) is 0.904. The fraction of sp³-hybridized carbons (Fsp3) is 0.467. The van der Waals surface area contributed by atoms with Gasteiger partial charge in [0, 0.05) is 17.2 Å². The van der Waals surface area contributed by atoms with Crippen LogP contribution in [-0.2, 0) is 4.79 Å². The molecule has 0 saturated carbocycles. The highest BCUT2D eigenvalue weighted by Gasteiger charge is 2.37. The van der Waals surface area contributed by atoms with Crippen LogP contribution in [0.15, 0.2) is 34.3 Å². The first-order chi connectivity index (χ1) is 10.2. The Hall–Kier alpha value is -1.69. The standard InChI is InChI=1S/C15H19N3O2S/c16-14(17-20)12-6-3-4-8-18(12)15(19)11-9-21-13-7-2-1-5-10(11)13/h1-2,5,7,11-12,20H,3-4,6,8-9H2,(H2,16,17). The van der Waals surface area contributed by atoms with Crippen molar-refractivity contribution < 1.29 is 10.0 Å². The molecule has 2 atom stereocenters. The maximum Gasteiger partial charge on any atom is 0.231 e. The zero-order valence-electron chi connectivity index (χ0n) is 11.7. The predicted molar refractivity (Wildman–Crippen MR) is 82.7 cm³/mol. The highest BCUT2D eigenvalue weighted by atomic mass is 32.2. The molecule has 0 aliphatic carbocycles. The number of fused-ring (bicyclic) bond motifs is 1. The molecular weight excluding hydrogens is 286 g/mol. The fourth-order valence-corrected chi connectivity index (χ4v) is 4.36. The van der Waals surface area contributed by atoms with Crippen LogP contribution in [0.5, 0.6) is 0 Å². The summed E-state index contributed by atoms with van der Waals surface area (Å²) in [7, 11) is 0. The highest BCUT2D eigenvalue weighted by Crippen LogP contribution is 2.40. The molecule has 0 bridgehead atoms.